The van der Waals surface area contributed by atoms with E-state index in [2.05, 4.69) is 32.9 Å². The number of fused-ring (bicyclic) bond motifs is 1. The van der Waals surface area contributed by atoms with Gasteiger partial charge >= 0.3 is 0 Å². The highest BCUT2D eigenvalue weighted by atomic mass is 32.2. The molecule has 3 heterocycles. The third-order valence-electron chi connectivity index (χ3n) is 4.74. The van der Waals surface area contributed by atoms with Crippen LogP contribution in [-0.4, -0.2) is 64.0 Å². The average molecular weight is 469 g/mol. The van der Waals surface area contributed by atoms with Gasteiger partial charge in [-0.15, -0.1) is 11.8 Å². The molecule has 1 amide bonds. The molecule has 0 spiro atoms. The number of nitrogens with one attached hydrogen (secondary N) is 2. The van der Waals surface area contributed by atoms with Crippen molar-refractivity contribution in [3.63, 3.8) is 0 Å². The Labute approximate surface area is 192 Å². The Morgan fingerprint density at radius 1 is 1.37 bits per heavy atom. The number of amides is 1. The Morgan fingerprint density at radius 2 is 2.13 bits per heavy atom. The van der Waals surface area contributed by atoms with Crippen molar-refractivity contribution in [3.8, 4) is 0 Å². The minimum Gasteiger partial charge on any atom is -0.349 e. The monoisotopic (exact) mass is 468 g/mol. The van der Waals surface area contributed by atoms with Crippen molar-refractivity contribution in [2.75, 3.05) is 36.0 Å². The number of rotatable bonds is 3. The second-order valence-electron chi connectivity index (χ2n) is 6.98. The Bertz CT molecular complexity index is 828. The summed E-state index contributed by atoms with van der Waals surface area (Å²) in [6, 6.07) is 2.35. The van der Waals surface area contributed by atoms with Gasteiger partial charge in [0.05, 0.1) is 10.3 Å². The first-order valence-corrected chi connectivity index (χ1v) is 13.4. The summed E-state index contributed by atoms with van der Waals surface area (Å²) in [5.74, 6) is 1.67. The van der Waals surface area contributed by atoms with Crippen molar-refractivity contribution < 1.29 is 4.79 Å². The molecular weight excluding hydrogens is 436 g/mol. The van der Waals surface area contributed by atoms with E-state index in [9.17, 15) is 4.79 Å². The first-order valence-electron chi connectivity index (χ1n) is 9.93. The molecule has 0 aromatic carbocycles. The average Bonchev–Trinajstić information content (AvgIpc) is 3.25. The highest BCUT2D eigenvalue weighted by molar-refractivity contribution is 8.04. The van der Waals surface area contributed by atoms with E-state index >= 15 is 0 Å². The van der Waals surface area contributed by atoms with Crippen LogP contribution < -0.4 is 16.0 Å². The summed E-state index contributed by atoms with van der Waals surface area (Å²) < 4.78 is 0. The number of thioether (sulfide) groups is 2. The number of H-pyrrole nitrogens is 1. The van der Waals surface area contributed by atoms with E-state index < -0.39 is 0 Å². The molecule has 4 N–H and O–H groups in total. The number of thiol groups is 1. The Morgan fingerprint density at radius 3 is 2.87 bits per heavy atom. The molecule has 0 bridgehead atoms. The minimum atomic E-state index is -0.00633. The van der Waals surface area contributed by atoms with Crippen molar-refractivity contribution in [2.45, 2.75) is 37.8 Å². The third kappa shape index (κ3) is 6.83. The minimum absolute atomic E-state index is 0.00633. The molecule has 2 aromatic rings. The lowest BCUT2D eigenvalue weighted by molar-refractivity contribution is -0.117. The maximum atomic E-state index is 12.7. The van der Waals surface area contributed by atoms with E-state index in [0.717, 1.165) is 59.7 Å². The largest absolute Gasteiger partial charge is 0.349 e. The molecule has 1 saturated carbocycles. The smallest absolute Gasteiger partial charge is 0.259 e. The molecule has 1 aliphatic carbocycles. The number of anilines is 1. The van der Waals surface area contributed by atoms with Crippen LogP contribution in [0.1, 0.15) is 25.7 Å². The zero-order valence-corrected chi connectivity index (χ0v) is 20.3. The van der Waals surface area contributed by atoms with Crippen LogP contribution in [0.3, 0.4) is 0 Å². The van der Waals surface area contributed by atoms with E-state index in [1.165, 1.54) is 0 Å². The zero-order chi connectivity index (χ0) is 21.9. The van der Waals surface area contributed by atoms with Crippen LogP contribution >= 0.6 is 36.2 Å². The first kappa shape index (κ1) is 24.9. The summed E-state index contributed by atoms with van der Waals surface area (Å²) in [4.78, 5) is 27.2. The van der Waals surface area contributed by atoms with Gasteiger partial charge in [-0.3, -0.25) is 4.79 Å². The number of carbonyl (C=O) groups excluding carboxylic acids is 1. The summed E-state index contributed by atoms with van der Waals surface area (Å²) in [6.07, 6.45) is 15.1. The van der Waals surface area contributed by atoms with E-state index in [1.54, 1.807) is 36.1 Å². The van der Waals surface area contributed by atoms with Gasteiger partial charge in [0, 0.05) is 36.8 Å². The fourth-order valence-corrected chi connectivity index (χ4v) is 4.39. The van der Waals surface area contributed by atoms with Crippen LogP contribution in [0.4, 0.5) is 5.82 Å². The predicted molar refractivity (Wildman–Crippen MR) is 134 cm³/mol. The van der Waals surface area contributed by atoms with E-state index in [1.807, 2.05) is 35.9 Å². The fraction of sp³-hybridized carbons (Fsp3) is 0.550. The van der Waals surface area contributed by atoms with Crippen molar-refractivity contribution in [1.29, 1.82) is 0 Å². The number of hydrogen-bond acceptors (Lipinski definition) is 8. The molecular formula is C20H32N6OS3. The van der Waals surface area contributed by atoms with Gasteiger partial charge in [0.25, 0.3) is 5.91 Å². The maximum Gasteiger partial charge on any atom is 0.259 e. The molecule has 166 valence electrons. The fourth-order valence-electron chi connectivity index (χ4n) is 3.49. The molecule has 0 unspecified atom stereocenters. The lowest BCUT2D eigenvalue weighted by Gasteiger charge is -2.29. The summed E-state index contributed by atoms with van der Waals surface area (Å²) in [6.45, 7) is 0.813. The molecule has 30 heavy (non-hydrogen) atoms. The molecule has 2 atom stereocenters. The number of aromatic nitrogens is 3. The van der Waals surface area contributed by atoms with Crippen LogP contribution in [0.25, 0.3) is 11.0 Å². The number of aromatic amines is 1. The van der Waals surface area contributed by atoms with Crippen molar-refractivity contribution >= 4 is 58.9 Å². The van der Waals surface area contributed by atoms with Gasteiger partial charge in [-0.25, -0.2) is 9.97 Å². The van der Waals surface area contributed by atoms with Crippen molar-refractivity contribution in [2.24, 2.45) is 5.73 Å². The van der Waals surface area contributed by atoms with Gasteiger partial charge in [-0.05, 0) is 50.5 Å². The van der Waals surface area contributed by atoms with Gasteiger partial charge < -0.3 is 20.9 Å². The highest BCUT2D eigenvalue weighted by Gasteiger charge is 2.25. The van der Waals surface area contributed by atoms with Crippen LogP contribution in [0, 0.1) is 0 Å². The van der Waals surface area contributed by atoms with E-state index in [-0.39, 0.29) is 18.0 Å². The predicted octanol–water partition coefficient (Wildman–Crippen LogP) is 3.26. The molecule has 0 radical (unpaired) electrons. The molecule has 2 aromatic heterocycles. The standard InChI is InChI=1S/C17H22N6OS.C2H6S.CH4S/c18-11-2-1-3-12(8-11)22-17(24)14-9-23(6-7-25-14)16-13-4-5-19-15(13)20-10-21-16;1-3-2;1-2/h4-5,9-12H,1-3,6-8,18H2,(H,22,24)(H,19,20,21);1-2H3;2H,1H3/t11-,12+;;/m1../s1. The SMILES string of the molecule is CS.CSC.N[C@@H]1CCC[C@H](NC(=O)C2=CN(c3ncnc4[nH]ccc34)CCS2)C1. The topological polar surface area (TPSA) is 99.9 Å². The second kappa shape index (κ2) is 13.1. The molecule has 0 saturated heterocycles. The normalized spacial score (nSPS) is 21.0. The molecule has 2 aliphatic rings. The summed E-state index contributed by atoms with van der Waals surface area (Å²) in [5.41, 5.74) is 6.83. The summed E-state index contributed by atoms with van der Waals surface area (Å²) in [7, 11) is 0. The highest BCUT2D eigenvalue weighted by Crippen LogP contribution is 2.29. The number of nitrogens with two attached hydrogens (primary N) is 1. The molecule has 7 nitrogen and oxygen atoms in total. The van der Waals surface area contributed by atoms with Gasteiger partial charge in [-0.1, -0.05) is 0 Å². The summed E-state index contributed by atoms with van der Waals surface area (Å²) >= 11 is 6.87. The second-order valence-corrected chi connectivity index (χ2v) is 8.93. The van der Waals surface area contributed by atoms with Crippen LogP contribution in [0.15, 0.2) is 29.7 Å². The maximum absolute atomic E-state index is 12.7. The van der Waals surface area contributed by atoms with Gasteiger partial charge in [0.15, 0.2) is 0 Å². The Kier molecular flexibility index (Phi) is 10.9. The summed E-state index contributed by atoms with van der Waals surface area (Å²) in [5, 5.41) is 4.11. The molecule has 4 rings (SSSR count). The Balaban J connectivity index is 0.000000590. The Hall–Kier alpha value is -1.36. The quantitative estimate of drug-likeness (QED) is 0.513. The molecule has 1 fully saturated rings. The molecule has 10 heteroatoms. The lowest BCUT2D eigenvalue weighted by atomic mass is 9.91. The molecule has 1 aliphatic heterocycles. The lowest BCUT2D eigenvalue weighted by Crippen LogP contribution is -2.43. The van der Waals surface area contributed by atoms with Crippen LogP contribution in [-0.2, 0) is 4.79 Å². The van der Waals surface area contributed by atoms with Crippen LogP contribution in [0.5, 0.6) is 0 Å². The van der Waals surface area contributed by atoms with Crippen molar-refractivity contribution in [1.82, 2.24) is 20.3 Å². The number of nitrogens with zero attached hydrogens (tertiary/aromatic N) is 3. The van der Waals surface area contributed by atoms with E-state index in [4.69, 9.17) is 5.73 Å². The van der Waals surface area contributed by atoms with Crippen LogP contribution in [0.2, 0.25) is 0 Å². The zero-order valence-electron chi connectivity index (χ0n) is 17.8. The third-order valence-corrected chi connectivity index (χ3v) is 5.73. The van der Waals surface area contributed by atoms with Crippen molar-refractivity contribution in [3.05, 3.63) is 29.7 Å². The van der Waals surface area contributed by atoms with Gasteiger partial charge in [0.2, 0.25) is 0 Å². The number of carbonyl (C=O) groups is 1. The van der Waals surface area contributed by atoms with Gasteiger partial charge in [0.1, 0.15) is 17.8 Å². The first-order chi connectivity index (χ1) is 14.6. The van der Waals surface area contributed by atoms with E-state index in [0.29, 0.717) is 0 Å². The van der Waals surface area contributed by atoms with Gasteiger partial charge in [-0.2, -0.15) is 24.4 Å². The number of hydrogen-bond donors (Lipinski definition) is 4.